The second kappa shape index (κ2) is 7.14. The molecule has 0 fully saturated rings. The van der Waals surface area contributed by atoms with E-state index in [1.54, 1.807) is 18.0 Å². The van der Waals surface area contributed by atoms with E-state index in [4.69, 9.17) is 11.6 Å². The van der Waals surface area contributed by atoms with Gasteiger partial charge in [0.2, 0.25) is 0 Å². The molecule has 1 N–H and O–H groups in total. The van der Waals surface area contributed by atoms with Crippen molar-refractivity contribution >= 4 is 34.7 Å². The number of rotatable bonds is 6. The summed E-state index contributed by atoms with van der Waals surface area (Å²) in [7, 11) is 0. The van der Waals surface area contributed by atoms with Crippen LogP contribution in [0.5, 0.6) is 0 Å². The van der Waals surface area contributed by atoms with E-state index < -0.39 is 0 Å². The maximum Gasteiger partial charge on any atom is 0.115 e. The van der Waals surface area contributed by atoms with Crippen LogP contribution in [0.25, 0.3) is 0 Å². The molecule has 0 atom stereocenters. The summed E-state index contributed by atoms with van der Waals surface area (Å²) in [5.74, 6) is 0.973. The molecule has 2 aromatic heterocycles. The van der Waals surface area contributed by atoms with Gasteiger partial charge in [-0.1, -0.05) is 11.6 Å². The van der Waals surface area contributed by atoms with Crippen molar-refractivity contribution in [2.75, 3.05) is 12.3 Å². The number of nitrogens with one attached hydrogen (secondary N) is 1. The van der Waals surface area contributed by atoms with Crippen LogP contribution in [0.4, 0.5) is 0 Å². The molecule has 0 aliphatic carbocycles. The first kappa shape index (κ1) is 13.9. The fraction of sp³-hybridized carbons (Fsp3) is 0.308. The molecule has 0 saturated heterocycles. The zero-order valence-corrected chi connectivity index (χ0v) is 12.5. The fourth-order valence-electron chi connectivity index (χ4n) is 1.49. The zero-order chi connectivity index (χ0) is 12.8. The van der Waals surface area contributed by atoms with E-state index in [1.165, 1.54) is 9.75 Å². The predicted molar refractivity (Wildman–Crippen MR) is 80.7 cm³/mol. The number of thiophene rings is 1. The molecule has 5 heteroatoms. The summed E-state index contributed by atoms with van der Waals surface area (Å²) in [6.07, 6.45) is 1.77. The summed E-state index contributed by atoms with van der Waals surface area (Å²) >= 11 is 9.56. The van der Waals surface area contributed by atoms with Crippen LogP contribution in [-0.2, 0) is 6.54 Å². The second-order valence-corrected chi connectivity index (χ2v) is 6.69. The van der Waals surface area contributed by atoms with Crippen molar-refractivity contribution in [1.29, 1.82) is 0 Å². The molecule has 0 saturated carbocycles. The Morgan fingerprint density at radius 3 is 3.00 bits per heavy atom. The van der Waals surface area contributed by atoms with E-state index >= 15 is 0 Å². The van der Waals surface area contributed by atoms with Crippen molar-refractivity contribution in [3.8, 4) is 0 Å². The van der Waals surface area contributed by atoms with Gasteiger partial charge in [0.05, 0.1) is 5.02 Å². The Hall–Kier alpha value is -0.550. The standard InChI is InChI=1S/C13H15ClN2S2/c1-10-4-5-11(18-10)9-15-7-8-17-13-12(14)3-2-6-16-13/h2-6,15H,7-9H2,1H3. The Labute approximate surface area is 121 Å². The van der Waals surface area contributed by atoms with E-state index in [9.17, 15) is 0 Å². The van der Waals surface area contributed by atoms with Gasteiger partial charge in [-0.25, -0.2) is 4.98 Å². The van der Waals surface area contributed by atoms with Crippen molar-refractivity contribution in [2.45, 2.75) is 18.5 Å². The first-order valence-electron chi connectivity index (χ1n) is 5.75. The van der Waals surface area contributed by atoms with Crippen LogP contribution in [0, 0.1) is 6.92 Å². The number of pyridine rings is 1. The zero-order valence-electron chi connectivity index (χ0n) is 10.1. The molecule has 0 radical (unpaired) electrons. The van der Waals surface area contributed by atoms with Crippen molar-refractivity contribution in [3.63, 3.8) is 0 Å². The van der Waals surface area contributed by atoms with Crippen LogP contribution in [0.15, 0.2) is 35.5 Å². The molecule has 0 unspecified atom stereocenters. The van der Waals surface area contributed by atoms with Gasteiger partial charge in [-0.2, -0.15) is 0 Å². The quantitative estimate of drug-likeness (QED) is 0.645. The van der Waals surface area contributed by atoms with Gasteiger partial charge in [0, 0.05) is 34.8 Å². The van der Waals surface area contributed by atoms with Crippen molar-refractivity contribution in [1.82, 2.24) is 10.3 Å². The minimum absolute atomic E-state index is 0.733. The lowest BCUT2D eigenvalue weighted by molar-refractivity contribution is 0.740. The topological polar surface area (TPSA) is 24.9 Å². The van der Waals surface area contributed by atoms with Gasteiger partial charge < -0.3 is 5.32 Å². The van der Waals surface area contributed by atoms with Gasteiger partial charge in [-0.05, 0) is 31.2 Å². The highest BCUT2D eigenvalue weighted by Gasteiger charge is 2.01. The number of hydrogen-bond acceptors (Lipinski definition) is 4. The number of aromatic nitrogens is 1. The largest absolute Gasteiger partial charge is 0.311 e. The minimum atomic E-state index is 0.733. The molecule has 2 heterocycles. The van der Waals surface area contributed by atoms with E-state index in [0.717, 1.165) is 28.9 Å². The summed E-state index contributed by atoms with van der Waals surface area (Å²) in [6.45, 7) is 4.02. The first-order chi connectivity index (χ1) is 8.75. The number of hydrogen-bond donors (Lipinski definition) is 1. The highest BCUT2D eigenvalue weighted by atomic mass is 35.5. The Bertz CT molecular complexity index is 499. The Kier molecular flexibility index (Phi) is 5.50. The highest BCUT2D eigenvalue weighted by Crippen LogP contribution is 2.23. The third-order valence-corrected chi connectivity index (χ3v) is 4.76. The normalized spacial score (nSPS) is 10.8. The van der Waals surface area contributed by atoms with E-state index in [-0.39, 0.29) is 0 Å². The summed E-state index contributed by atoms with van der Waals surface area (Å²) in [5.41, 5.74) is 0. The van der Waals surface area contributed by atoms with E-state index in [2.05, 4.69) is 29.4 Å². The maximum absolute atomic E-state index is 6.03. The number of halogens is 1. The number of nitrogens with zero attached hydrogens (tertiary/aromatic N) is 1. The van der Waals surface area contributed by atoms with E-state index in [0.29, 0.717) is 0 Å². The second-order valence-electron chi connectivity index (χ2n) is 3.83. The smallest absolute Gasteiger partial charge is 0.115 e. The molecule has 96 valence electrons. The van der Waals surface area contributed by atoms with Crippen LogP contribution in [-0.4, -0.2) is 17.3 Å². The Morgan fingerprint density at radius 2 is 2.28 bits per heavy atom. The third-order valence-electron chi connectivity index (χ3n) is 2.34. The average molecular weight is 299 g/mol. The molecule has 2 aromatic rings. The number of thioether (sulfide) groups is 1. The maximum atomic E-state index is 6.03. The van der Waals surface area contributed by atoms with Gasteiger partial charge >= 0.3 is 0 Å². The molecule has 0 aliphatic rings. The van der Waals surface area contributed by atoms with Crippen molar-refractivity contribution in [2.24, 2.45) is 0 Å². The molecule has 2 rings (SSSR count). The molecule has 0 bridgehead atoms. The minimum Gasteiger partial charge on any atom is -0.311 e. The molecule has 0 aliphatic heterocycles. The lowest BCUT2D eigenvalue weighted by Crippen LogP contribution is -2.15. The van der Waals surface area contributed by atoms with Crippen LogP contribution in [0.2, 0.25) is 5.02 Å². The predicted octanol–water partition coefficient (Wildman–Crippen LogP) is 3.99. The number of aryl methyl sites for hydroxylation is 1. The molecule has 2 nitrogen and oxygen atoms in total. The summed E-state index contributed by atoms with van der Waals surface area (Å²) in [5, 5.41) is 5.07. The Morgan fingerprint density at radius 1 is 1.39 bits per heavy atom. The van der Waals surface area contributed by atoms with Gasteiger partial charge in [0.15, 0.2) is 0 Å². The SMILES string of the molecule is Cc1ccc(CNCCSc2ncccc2Cl)s1. The van der Waals surface area contributed by atoms with Crippen LogP contribution in [0.1, 0.15) is 9.75 Å². The van der Waals surface area contributed by atoms with Gasteiger partial charge in [0.1, 0.15) is 5.03 Å². The lowest BCUT2D eigenvalue weighted by Gasteiger charge is -2.04. The van der Waals surface area contributed by atoms with Crippen molar-refractivity contribution < 1.29 is 0 Å². The Balaban J connectivity index is 1.66. The highest BCUT2D eigenvalue weighted by molar-refractivity contribution is 7.99. The van der Waals surface area contributed by atoms with Gasteiger partial charge in [-0.3, -0.25) is 0 Å². The molecular formula is C13H15ClN2S2. The van der Waals surface area contributed by atoms with E-state index in [1.807, 2.05) is 23.5 Å². The van der Waals surface area contributed by atoms with Crippen LogP contribution in [0.3, 0.4) is 0 Å². The molecule has 0 spiro atoms. The van der Waals surface area contributed by atoms with Crippen LogP contribution >= 0.6 is 34.7 Å². The van der Waals surface area contributed by atoms with Gasteiger partial charge in [-0.15, -0.1) is 23.1 Å². The summed E-state index contributed by atoms with van der Waals surface area (Å²) < 4.78 is 0. The molecular weight excluding hydrogens is 284 g/mol. The average Bonchev–Trinajstić information content (AvgIpc) is 2.77. The lowest BCUT2D eigenvalue weighted by atomic mass is 10.4. The van der Waals surface area contributed by atoms with Gasteiger partial charge in [0.25, 0.3) is 0 Å². The fourth-order valence-corrected chi connectivity index (χ4v) is 3.42. The third kappa shape index (κ3) is 4.28. The van der Waals surface area contributed by atoms with Crippen molar-refractivity contribution in [3.05, 3.63) is 45.2 Å². The molecule has 0 aromatic carbocycles. The summed E-state index contributed by atoms with van der Waals surface area (Å²) in [6, 6.07) is 8.06. The monoisotopic (exact) mass is 298 g/mol. The first-order valence-corrected chi connectivity index (χ1v) is 7.93. The molecule has 0 amide bonds. The van der Waals surface area contributed by atoms with Crippen LogP contribution < -0.4 is 5.32 Å². The summed E-state index contributed by atoms with van der Waals surface area (Å²) in [4.78, 5) is 6.99. The molecule has 18 heavy (non-hydrogen) atoms.